The summed E-state index contributed by atoms with van der Waals surface area (Å²) in [4.78, 5) is 16.7. The second-order valence-corrected chi connectivity index (χ2v) is 10.7. The predicted octanol–water partition coefficient (Wildman–Crippen LogP) is 7.25. The molecule has 3 aromatic rings. The van der Waals surface area contributed by atoms with Crippen LogP contribution in [0, 0.1) is 11.2 Å². The number of allylic oxidation sites excluding steroid dienone is 3. The van der Waals surface area contributed by atoms with Crippen molar-refractivity contribution in [2.24, 2.45) is 10.4 Å². The minimum Gasteiger partial charge on any atom is -0.356 e. The molecule has 182 valence electrons. The molecule has 3 heterocycles. The highest BCUT2D eigenvalue weighted by molar-refractivity contribution is 6.30. The summed E-state index contributed by atoms with van der Waals surface area (Å²) in [6.45, 7) is 6.32. The molecule has 6 rings (SSSR count). The van der Waals surface area contributed by atoms with E-state index in [4.69, 9.17) is 21.6 Å². The quantitative estimate of drug-likeness (QED) is 0.380. The number of nitrogens with zero attached hydrogens (tertiary/aromatic N) is 4. The Balaban J connectivity index is 1.18. The Kier molecular flexibility index (Phi) is 5.76. The summed E-state index contributed by atoms with van der Waals surface area (Å²) in [5.74, 6) is 0.785. The third kappa shape index (κ3) is 4.16. The number of fused-ring (bicyclic) bond motifs is 1. The fourth-order valence-corrected chi connectivity index (χ4v) is 5.76. The summed E-state index contributed by atoms with van der Waals surface area (Å²) in [5, 5.41) is 0.756. The van der Waals surface area contributed by atoms with Crippen molar-refractivity contribution in [2.45, 2.75) is 39.5 Å². The number of hydrogen-bond donors (Lipinski definition) is 0. The van der Waals surface area contributed by atoms with Crippen LogP contribution in [0.2, 0.25) is 5.02 Å². The molecule has 3 aliphatic rings. The number of rotatable bonds is 4. The van der Waals surface area contributed by atoms with Gasteiger partial charge in [0, 0.05) is 53.3 Å². The molecular formula is C30H28ClFN4. The predicted molar refractivity (Wildman–Crippen MR) is 146 cm³/mol. The van der Waals surface area contributed by atoms with Crippen LogP contribution in [0.5, 0.6) is 0 Å². The van der Waals surface area contributed by atoms with Gasteiger partial charge in [-0.1, -0.05) is 42.8 Å². The highest BCUT2D eigenvalue weighted by Crippen LogP contribution is 2.43. The molecular weight excluding hydrogens is 471 g/mol. The molecule has 1 aromatic heterocycles. The number of anilines is 1. The minimum absolute atomic E-state index is 0.0667. The van der Waals surface area contributed by atoms with Gasteiger partial charge in [-0.2, -0.15) is 0 Å². The van der Waals surface area contributed by atoms with Crippen LogP contribution < -0.4 is 4.90 Å². The maximum atomic E-state index is 13.4. The fourth-order valence-electron chi connectivity index (χ4n) is 5.63. The van der Waals surface area contributed by atoms with E-state index in [0.29, 0.717) is 0 Å². The van der Waals surface area contributed by atoms with E-state index in [0.717, 1.165) is 77.7 Å². The van der Waals surface area contributed by atoms with Crippen molar-refractivity contribution in [1.82, 2.24) is 9.97 Å². The Morgan fingerprint density at radius 3 is 2.33 bits per heavy atom. The lowest BCUT2D eigenvalue weighted by atomic mass is 9.74. The molecule has 1 fully saturated rings. The van der Waals surface area contributed by atoms with Gasteiger partial charge in [0.05, 0.1) is 5.69 Å². The second kappa shape index (κ2) is 8.97. The standard InChI is InChI=1S/C30H28ClFN4/c1-19-25(21-3-7-23(31)8-4-21)17-28(35-19)30(2)11-13-36(14-12-30)29-26-15-22(16-27(26)33-18-34-29)20-5-9-24(32)10-6-20/h3-10,15,18H,11-14,16-17H2,1-2H3. The van der Waals surface area contributed by atoms with E-state index >= 15 is 0 Å². The summed E-state index contributed by atoms with van der Waals surface area (Å²) in [7, 11) is 0. The van der Waals surface area contributed by atoms with E-state index < -0.39 is 0 Å². The Hall–Kier alpha value is -3.31. The van der Waals surface area contributed by atoms with E-state index in [2.05, 4.69) is 41.9 Å². The van der Waals surface area contributed by atoms with Crippen LogP contribution in [0.25, 0.3) is 17.2 Å². The number of halogens is 2. The van der Waals surface area contributed by atoms with Crippen molar-refractivity contribution in [2.75, 3.05) is 18.0 Å². The lowest BCUT2D eigenvalue weighted by Gasteiger charge is -2.40. The summed E-state index contributed by atoms with van der Waals surface area (Å²) in [5.41, 5.74) is 9.31. The molecule has 1 saturated heterocycles. The SMILES string of the molecule is CC1=C(c2ccc(Cl)cc2)CC(C2(C)CCN(c3ncnc4c3C=C(c3ccc(F)cc3)C4)CC2)=N1. The Bertz CT molecular complexity index is 1410. The van der Waals surface area contributed by atoms with Gasteiger partial charge < -0.3 is 4.90 Å². The maximum absolute atomic E-state index is 13.4. The van der Waals surface area contributed by atoms with Crippen molar-refractivity contribution in [3.05, 3.63) is 93.8 Å². The highest BCUT2D eigenvalue weighted by atomic mass is 35.5. The number of piperidine rings is 1. The first kappa shape index (κ1) is 23.1. The van der Waals surface area contributed by atoms with E-state index in [1.807, 2.05) is 24.3 Å². The molecule has 0 N–H and O–H groups in total. The summed E-state index contributed by atoms with van der Waals surface area (Å²) >= 11 is 6.10. The topological polar surface area (TPSA) is 41.4 Å². The number of aromatic nitrogens is 2. The smallest absolute Gasteiger partial charge is 0.139 e. The van der Waals surface area contributed by atoms with Gasteiger partial charge in [-0.25, -0.2) is 14.4 Å². The highest BCUT2D eigenvalue weighted by Gasteiger charge is 2.38. The lowest BCUT2D eigenvalue weighted by molar-refractivity contribution is 0.351. The van der Waals surface area contributed by atoms with Gasteiger partial charge in [0.2, 0.25) is 0 Å². The van der Waals surface area contributed by atoms with Gasteiger partial charge in [0.1, 0.15) is 18.0 Å². The van der Waals surface area contributed by atoms with Crippen LogP contribution >= 0.6 is 11.6 Å². The Labute approximate surface area is 216 Å². The molecule has 0 atom stereocenters. The molecule has 6 heteroatoms. The molecule has 0 unspecified atom stereocenters. The first-order chi connectivity index (χ1) is 17.4. The molecule has 0 saturated carbocycles. The molecule has 0 radical (unpaired) electrons. The van der Waals surface area contributed by atoms with E-state index in [1.54, 1.807) is 6.33 Å². The summed E-state index contributed by atoms with van der Waals surface area (Å²) in [6, 6.07) is 14.8. The van der Waals surface area contributed by atoms with Gasteiger partial charge >= 0.3 is 0 Å². The molecule has 0 bridgehead atoms. The average molecular weight is 499 g/mol. The van der Waals surface area contributed by atoms with Crippen molar-refractivity contribution in [3.63, 3.8) is 0 Å². The number of benzene rings is 2. The van der Waals surface area contributed by atoms with Gasteiger partial charge in [-0.3, -0.25) is 4.99 Å². The Morgan fingerprint density at radius 2 is 1.61 bits per heavy atom. The fraction of sp³-hybridized carbons (Fsp3) is 0.300. The minimum atomic E-state index is -0.218. The number of hydrogen-bond acceptors (Lipinski definition) is 4. The zero-order chi connectivity index (χ0) is 24.9. The zero-order valence-electron chi connectivity index (χ0n) is 20.6. The van der Waals surface area contributed by atoms with Crippen molar-refractivity contribution >= 4 is 40.4 Å². The first-order valence-corrected chi connectivity index (χ1v) is 12.9. The van der Waals surface area contributed by atoms with E-state index in [9.17, 15) is 4.39 Å². The van der Waals surface area contributed by atoms with Crippen LogP contribution in [0.4, 0.5) is 10.2 Å². The molecule has 0 amide bonds. The third-order valence-electron chi connectivity index (χ3n) is 7.98. The van der Waals surface area contributed by atoms with Gasteiger partial charge in [-0.05, 0) is 72.4 Å². The monoisotopic (exact) mass is 498 g/mol. The third-order valence-corrected chi connectivity index (χ3v) is 8.23. The lowest BCUT2D eigenvalue weighted by Crippen LogP contribution is -2.43. The molecule has 1 aliphatic carbocycles. The van der Waals surface area contributed by atoms with Crippen LogP contribution in [0.1, 0.15) is 55.5 Å². The molecule has 36 heavy (non-hydrogen) atoms. The van der Waals surface area contributed by atoms with E-state index in [1.165, 1.54) is 29.0 Å². The summed E-state index contributed by atoms with van der Waals surface area (Å²) < 4.78 is 13.4. The van der Waals surface area contributed by atoms with Crippen molar-refractivity contribution in [3.8, 4) is 0 Å². The van der Waals surface area contributed by atoms with Gasteiger partial charge in [0.25, 0.3) is 0 Å². The van der Waals surface area contributed by atoms with Crippen LogP contribution in [0.15, 0.2) is 65.5 Å². The largest absolute Gasteiger partial charge is 0.356 e. The maximum Gasteiger partial charge on any atom is 0.139 e. The van der Waals surface area contributed by atoms with Crippen molar-refractivity contribution < 1.29 is 4.39 Å². The van der Waals surface area contributed by atoms with Gasteiger partial charge in [-0.15, -0.1) is 0 Å². The molecule has 2 aromatic carbocycles. The molecule has 4 nitrogen and oxygen atoms in total. The summed E-state index contributed by atoms with van der Waals surface area (Å²) in [6.07, 6.45) is 7.56. The average Bonchev–Trinajstić information content (AvgIpc) is 3.50. The molecule has 2 aliphatic heterocycles. The Morgan fingerprint density at radius 1 is 0.917 bits per heavy atom. The number of aliphatic imine (C=N–C) groups is 1. The zero-order valence-corrected chi connectivity index (χ0v) is 21.3. The van der Waals surface area contributed by atoms with Crippen molar-refractivity contribution in [1.29, 1.82) is 0 Å². The first-order valence-electron chi connectivity index (χ1n) is 12.5. The molecule has 0 spiro atoms. The van der Waals surface area contributed by atoms with E-state index in [-0.39, 0.29) is 11.2 Å². The second-order valence-electron chi connectivity index (χ2n) is 10.3. The van der Waals surface area contributed by atoms with Crippen LogP contribution in [-0.2, 0) is 6.42 Å². The van der Waals surface area contributed by atoms with Crippen LogP contribution in [0.3, 0.4) is 0 Å². The normalized spacial score (nSPS) is 18.8. The van der Waals surface area contributed by atoms with Gasteiger partial charge in [0.15, 0.2) is 0 Å². The van der Waals surface area contributed by atoms with Crippen LogP contribution in [-0.4, -0.2) is 28.8 Å².